The zero-order valence-electron chi connectivity index (χ0n) is 18.4. The lowest BCUT2D eigenvalue weighted by Gasteiger charge is -2.28. The number of anilines is 1. The van der Waals surface area contributed by atoms with Gasteiger partial charge in [-0.2, -0.15) is 13.2 Å². The SMILES string of the molecule is Cc1ccc2c(c1)c(=O)n(C)c1nnc(CSc3nnc(N4CCOCC4)n3CC(F)(F)F)n21. The van der Waals surface area contributed by atoms with Gasteiger partial charge in [0.2, 0.25) is 11.7 Å². The van der Waals surface area contributed by atoms with E-state index in [9.17, 15) is 18.0 Å². The van der Waals surface area contributed by atoms with Gasteiger partial charge >= 0.3 is 6.18 Å². The van der Waals surface area contributed by atoms with E-state index < -0.39 is 12.7 Å². The fourth-order valence-corrected chi connectivity index (χ4v) is 4.83. The highest BCUT2D eigenvalue weighted by molar-refractivity contribution is 7.98. The van der Waals surface area contributed by atoms with Crippen molar-refractivity contribution in [3.8, 4) is 0 Å². The van der Waals surface area contributed by atoms with E-state index in [1.807, 2.05) is 19.1 Å². The molecule has 1 aliphatic heterocycles. The van der Waals surface area contributed by atoms with Gasteiger partial charge in [-0.15, -0.1) is 20.4 Å². The molecule has 5 rings (SSSR count). The molecule has 14 heteroatoms. The molecule has 0 unspecified atom stereocenters. The highest BCUT2D eigenvalue weighted by Crippen LogP contribution is 2.30. The first kappa shape index (κ1) is 22.7. The molecule has 4 heterocycles. The van der Waals surface area contributed by atoms with Gasteiger partial charge in [-0.05, 0) is 19.1 Å². The van der Waals surface area contributed by atoms with Gasteiger partial charge in [-0.1, -0.05) is 23.4 Å². The van der Waals surface area contributed by atoms with Gasteiger partial charge in [0, 0.05) is 20.1 Å². The third kappa shape index (κ3) is 4.11. The second-order valence-electron chi connectivity index (χ2n) is 8.01. The Hall–Kier alpha value is -3.13. The molecule has 10 nitrogen and oxygen atoms in total. The highest BCUT2D eigenvalue weighted by atomic mass is 32.2. The summed E-state index contributed by atoms with van der Waals surface area (Å²) in [5.74, 6) is 1.18. The molecule has 1 aromatic carbocycles. The summed E-state index contributed by atoms with van der Waals surface area (Å²) in [5.41, 5.74) is 1.37. The van der Waals surface area contributed by atoms with Crippen molar-refractivity contribution in [2.75, 3.05) is 31.2 Å². The summed E-state index contributed by atoms with van der Waals surface area (Å²) in [6.45, 7) is 2.40. The molecule has 1 fully saturated rings. The summed E-state index contributed by atoms with van der Waals surface area (Å²) in [6.07, 6.45) is -4.44. The van der Waals surface area contributed by atoms with Crippen molar-refractivity contribution >= 4 is 34.4 Å². The van der Waals surface area contributed by atoms with Gasteiger partial charge < -0.3 is 9.64 Å². The molecule has 34 heavy (non-hydrogen) atoms. The number of aromatic nitrogens is 7. The number of fused-ring (bicyclic) bond motifs is 3. The number of nitrogens with zero attached hydrogens (tertiary/aromatic N) is 8. The average molecular weight is 495 g/mol. The fourth-order valence-electron chi connectivity index (χ4n) is 3.98. The number of morpholine rings is 1. The van der Waals surface area contributed by atoms with E-state index in [-0.39, 0.29) is 22.4 Å². The Balaban J connectivity index is 1.52. The first-order valence-electron chi connectivity index (χ1n) is 10.5. The largest absolute Gasteiger partial charge is 0.406 e. The minimum absolute atomic E-state index is 0.125. The number of thioether (sulfide) groups is 1. The Kier molecular flexibility index (Phi) is 5.72. The van der Waals surface area contributed by atoms with Crippen molar-refractivity contribution in [2.24, 2.45) is 7.05 Å². The second kappa shape index (κ2) is 8.58. The minimum atomic E-state index is -4.44. The molecule has 0 N–H and O–H groups in total. The zero-order valence-corrected chi connectivity index (χ0v) is 19.2. The van der Waals surface area contributed by atoms with Crippen LogP contribution in [0.5, 0.6) is 0 Å². The average Bonchev–Trinajstić information content (AvgIpc) is 3.40. The van der Waals surface area contributed by atoms with E-state index >= 15 is 0 Å². The van der Waals surface area contributed by atoms with E-state index in [0.29, 0.717) is 48.8 Å². The molecule has 0 radical (unpaired) electrons. The lowest BCUT2D eigenvalue weighted by molar-refractivity contribution is -0.141. The lowest BCUT2D eigenvalue weighted by Crippen LogP contribution is -2.38. The van der Waals surface area contributed by atoms with Gasteiger partial charge in [0.1, 0.15) is 12.4 Å². The smallest absolute Gasteiger partial charge is 0.378 e. The first-order valence-corrected chi connectivity index (χ1v) is 11.5. The summed E-state index contributed by atoms with van der Waals surface area (Å²) >= 11 is 1.09. The predicted molar refractivity (Wildman–Crippen MR) is 119 cm³/mol. The van der Waals surface area contributed by atoms with Crippen LogP contribution in [0.25, 0.3) is 16.7 Å². The number of hydrogen-bond acceptors (Lipinski definition) is 8. The van der Waals surface area contributed by atoms with E-state index in [2.05, 4.69) is 20.4 Å². The molecular weight excluding hydrogens is 473 g/mol. The molecule has 1 aliphatic rings. The molecule has 1 saturated heterocycles. The van der Waals surface area contributed by atoms with Gasteiger partial charge in [-0.3, -0.25) is 18.3 Å². The molecular formula is C20H21F3N8O2S. The van der Waals surface area contributed by atoms with E-state index in [1.165, 1.54) is 4.57 Å². The molecule has 0 bridgehead atoms. The molecule has 0 atom stereocenters. The van der Waals surface area contributed by atoms with Crippen LogP contribution in [0.4, 0.5) is 19.1 Å². The fraction of sp³-hybridized carbons (Fsp3) is 0.450. The molecule has 0 aliphatic carbocycles. The maximum Gasteiger partial charge on any atom is 0.406 e. The van der Waals surface area contributed by atoms with Gasteiger partial charge in [0.15, 0.2) is 5.16 Å². The summed E-state index contributed by atoms with van der Waals surface area (Å²) < 4.78 is 49.6. The number of ether oxygens (including phenoxy) is 1. The Morgan fingerprint density at radius 1 is 1.12 bits per heavy atom. The number of rotatable bonds is 5. The van der Waals surface area contributed by atoms with Crippen LogP contribution in [0.1, 0.15) is 11.4 Å². The van der Waals surface area contributed by atoms with Crippen LogP contribution in [0.15, 0.2) is 28.2 Å². The number of aryl methyl sites for hydroxylation is 2. The molecule has 4 aromatic rings. The van der Waals surface area contributed by atoms with Crippen LogP contribution in [-0.4, -0.2) is 66.4 Å². The Morgan fingerprint density at radius 2 is 1.88 bits per heavy atom. The van der Waals surface area contributed by atoms with Gasteiger partial charge in [0.05, 0.1) is 29.9 Å². The van der Waals surface area contributed by atoms with Crippen molar-refractivity contribution in [3.63, 3.8) is 0 Å². The summed E-state index contributed by atoms with van der Waals surface area (Å²) in [6, 6.07) is 5.49. The van der Waals surface area contributed by atoms with Crippen molar-refractivity contribution in [3.05, 3.63) is 39.9 Å². The quantitative estimate of drug-likeness (QED) is 0.390. The second-order valence-corrected chi connectivity index (χ2v) is 8.95. The minimum Gasteiger partial charge on any atom is -0.378 e. The Labute approximate surface area is 195 Å². The summed E-state index contributed by atoms with van der Waals surface area (Å²) in [4.78, 5) is 14.5. The van der Waals surface area contributed by atoms with Crippen LogP contribution in [0, 0.1) is 6.92 Å². The predicted octanol–water partition coefficient (Wildman–Crippen LogP) is 2.17. The maximum absolute atomic E-state index is 13.4. The van der Waals surface area contributed by atoms with Crippen LogP contribution < -0.4 is 10.5 Å². The number of alkyl halides is 3. The standard InChI is InChI=1S/C20H21F3N8O2S/c1-12-3-4-14-13(9-12)16(32)28(2)17-25-24-15(31(14)17)10-34-19-27-26-18(29-5-7-33-8-6-29)30(19)11-20(21,22)23/h3-4,9H,5-8,10-11H2,1-2H3. The van der Waals surface area contributed by atoms with E-state index in [4.69, 9.17) is 4.74 Å². The van der Waals surface area contributed by atoms with Gasteiger partial charge in [-0.25, -0.2) is 0 Å². The lowest BCUT2D eigenvalue weighted by atomic mass is 10.1. The topological polar surface area (TPSA) is 95.4 Å². The normalized spacial score (nSPS) is 15.0. The first-order chi connectivity index (χ1) is 16.2. The van der Waals surface area contributed by atoms with Gasteiger partial charge in [0.25, 0.3) is 5.56 Å². The van der Waals surface area contributed by atoms with E-state index in [1.54, 1.807) is 22.4 Å². The monoisotopic (exact) mass is 494 g/mol. The molecule has 180 valence electrons. The summed E-state index contributed by atoms with van der Waals surface area (Å²) in [7, 11) is 1.61. The van der Waals surface area contributed by atoms with Crippen LogP contribution >= 0.6 is 11.8 Å². The molecule has 0 spiro atoms. The molecule has 0 saturated carbocycles. The van der Waals surface area contributed by atoms with Crippen molar-refractivity contribution < 1.29 is 17.9 Å². The van der Waals surface area contributed by atoms with Crippen molar-refractivity contribution in [1.29, 1.82) is 0 Å². The summed E-state index contributed by atoms with van der Waals surface area (Å²) in [5, 5.41) is 17.1. The van der Waals surface area contributed by atoms with Crippen molar-refractivity contribution in [1.82, 2.24) is 33.9 Å². The number of benzene rings is 1. The number of hydrogen-bond donors (Lipinski definition) is 0. The Bertz CT molecular complexity index is 1420. The van der Waals surface area contributed by atoms with Crippen LogP contribution in [-0.2, 0) is 24.1 Å². The third-order valence-electron chi connectivity index (χ3n) is 5.60. The molecule has 0 amide bonds. The van der Waals surface area contributed by atoms with Crippen molar-refractivity contribution in [2.45, 2.75) is 30.6 Å². The van der Waals surface area contributed by atoms with Crippen LogP contribution in [0.2, 0.25) is 0 Å². The van der Waals surface area contributed by atoms with E-state index in [0.717, 1.165) is 21.9 Å². The maximum atomic E-state index is 13.4. The van der Waals surface area contributed by atoms with Crippen LogP contribution in [0.3, 0.4) is 0 Å². The Morgan fingerprint density at radius 3 is 2.62 bits per heavy atom. The highest BCUT2D eigenvalue weighted by Gasteiger charge is 2.33. The third-order valence-corrected chi connectivity index (χ3v) is 6.56. The number of halogens is 3. The zero-order chi connectivity index (χ0) is 24.0. The molecule has 3 aromatic heterocycles.